The number of ether oxygens (including phenoxy) is 1. The van der Waals surface area contributed by atoms with Gasteiger partial charge in [0, 0.05) is 77.2 Å². The van der Waals surface area contributed by atoms with E-state index >= 15 is 0 Å². The Morgan fingerprint density at radius 2 is 0.808 bits per heavy atom. The average molecular weight is 382 g/mol. The van der Waals surface area contributed by atoms with E-state index in [4.69, 9.17) is 0 Å². The van der Waals surface area contributed by atoms with Crippen LogP contribution in [0.25, 0.3) is 0 Å². The van der Waals surface area contributed by atoms with Crippen molar-refractivity contribution in [2.75, 3.05) is 40.8 Å². The van der Waals surface area contributed by atoms with Crippen LogP contribution in [0.4, 0.5) is 0 Å². The fraction of sp³-hybridized carbons (Fsp3) is 0.929. The van der Waals surface area contributed by atoms with Crippen LogP contribution in [-0.4, -0.2) is 106 Å². The molecule has 0 unspecified atom stereocenters. The smallest absolute Gasteiger partial charge is 0.144 e. The Morgan fingerprint density at radius 1 is 0.808 bits per heavy atom. The minimum Gasteiger partial charge on any atom is -0.388 e. The quantitative estimate of drug-likeness (QED) is 0.618. The lowest BCUT2D eigenvalue weighted by molar-refractivity contribution is -0.114. The average Bonchev–Trinajstić information content (AvgIpc) is 2.19. The van der Waals surface area contributed by atoms with Crippen molar-refractivity contribution in [3.63, 3.8) is 0 Å². The number of ketones is 1. The van der Waals surface area contributed by atoms with Crippen LogP contribution in [0.5, 0.6) is 0 Å². The molecule has 148 valence electrons. The number of carbonyl (C=O) groups excluding carboxylic acids is 1. The van der Waals surface area contributed by atoms with Crippen LogP contribution in [0.15, 0.2) is 0 Å². The van der Waals surface area contributed by atoms with Crippen LogP contribution >= 0.6 is 0 Å². The lowest BCUT2D eigenvalue weighted by atomic mass is 10.6. The maximum Gasteiger partial charge on any atom is 0.144 e. The largest absolute Gasteiger partial charge is 0.388 e. The molecule has 18 radical (unpaired) electrons. The Labute approximate surface area is 178 Å². The lowest BCUT2D eigenvalue weighted by Gasteiger charge is -1.69. The maximum absolute atomic E-state index is 9.63. The molecule has 0 aromatic carbocycles. The maximum atomic E-state index is 9.63. The predicted octanol–water partition coefficient (Wildman–Crippen LogP) is 0.512. The molecule has 0 fully saturated rings. The van der Waals surface area contributed by atoms with Gasteiger partial charge in [-0.25, -0.2) is 8.42 Å². The molecule has 0 heterocycles. The van der Waals surface area contributed by atoms with Gasteiger partial charge in [0.05, 0.1) is 0 Å². The minimum absolute atomic E-state index is 0. The highest BCUT2D eigenvalue weighted by atomic mass is 32.2. The standard InChI is InChI=1S/C3H6O.C3H8.C2H7N.C2H6O2S.C2H6O.C2H6.6B/c1-3(2)4;2*1-3-2;1-5(2,3)4;1-3-2;1-2;;;;;;/h1-2H3;3H2,1-2H3;3H,1-2H3;1-2H3;1-2H3;1-2H3;;;;;;. The summed E-state index contributed by atoms with van der Waals surface area (Å²) in [6.45, 7) is 11.3. The molecule has 0 aliphatic rings. The Morgan fingerprint density at radius 3 is 0.808 bits per heavy atom. The Kier molecular flexibility index (Phi) is 320. The van der Waals surface area contributed by atoms with E-state index in [1.54, 1.807) is 14.2 Å². The van der Waals surface area contributed by atoms with Crippen LogP contribution in [-0.2, 0) is 19.4 Å². The van der Waals surface area contributed by atoms with E-state index in [2.05, 4.69) is 23.9 Å². The molecule has 12 heteroatoms. The number of carbonyl (C=O) groups is 1. The second kappa shape index (κ2) is 100. The van der Waals surface area contributed by atoms with Crippen molar-refractivity contribution < 1.29 is 17.9 Å². The van der Waals surface area contributed by atoms with E-state index in [1.807, 2.05) is 27.9 Å². The highest BCUT2D eigenvalue weighted by molar-refractivity contribution is 7.89. The number of Topliss-reactive ketones (excluding diaryl/α,β-unsaturated/α-hetero) is 1. The van der Waals surface area contributed by atoms with Gasteiger partial charge in [0.15, 0.2) is 0 Å². The molecule has 0 amide bonds. The molecule has 0 saturated heterocycles. The van der Waals surface area contributed by atoms with Gasteiger partial charge in [-0.2, -0.15) is 0 Å². The summed E-state index contributed by atoms with van der Waals surface area (Å²) in [5, 5.41) is 2.75. The summed E-state index contributed by atoms with van der Waals surface area (Å²) in [6.07, 6.45) is 3.57. The number of rotatable bonds is 0. The topological polar surface area (TPSA) is 72.5 Å². The molecule has 5 nitrogen and oxygen atoms in total. The second-order valence-electron chi connectivity index (χ2n) is 3.67. The van der Waals surface area contributed by atoms with E-state index in [-0.39, 0.29) is 56.3 Å². The van der Waals surface area contributed by atoms with Gasteiger partial charge in [0.1, 0.15) is 15.6 Å². The van der Waals surface area contributed by atoms with E-state index < -0.39 is 9.84 Å². The zero-order valence-corrected chi connectivity index (χ0v) is 20.0. The van der Waals surface area contributed by atoms with Gasteiger partial charge in [0.25, 0.3) is 0 Å². The van der Waals surface area contributed by atoms with Crippen LogP contribution in [0.2, 0.25) is 0 Å². The molecule has 26 heavy (non-hydrogen) atoms. The fourth-order valence-electron chi connectivity index (χ4n) is 0. The van der Waals surface area contributed by atoms with Crippen molar-refractivity contribution in [1.29, 1.82) is 0 Å². The first-order chi connectivity index (χ1) is 8.97. The van der Waals surface area contributed by atoms with Crippen molar-refractivity contribution >= 4 is 66.1 Å². The minimum atomic E-state index is -2.67. The van der Waals surface area contributed by atoms with Gasteiger partial charge in [0.2, 0.25) is 0 Å². The first-order valence-corrected chi connectivity index (χ1v) is 8.88. The van der Waals surface area contributed by atoms with Crippen molar-refractivity contribution in [2.24, 2.45) is 0 Å². The van der Waals surface area contributed by atoms with Crippen molar-refractivity contribution in [3.05, 3.63) is 0 Å². The van der Waals surface area contributed by atoms with Gasteiger partial charge < -0.3 is 14.8 Å². The Balaban J connectivity index is -0.00000000881. The molecule has 0 aromatic rings. The predicted molar refractivity (Wildman–Crippen MR) is 127 cm³/mol. The third kappa shape index (κ3) is 2540000. The number of sulfone groups is 1. The van der Waals surface area contributed by atoms with Crippen molar-refractivity contribution in [3.8, 4) is 0 Å². The molecule has 0 aromatic heterocycles. The van der Waals surface area contributed by atoms with Crippen molar-refractivity contribution in [1.82, 2.24) is 5.32 Å². The van der Waals surface area contributed by atoms with Gasteiger partial charge >= 0.3 is 0 Å². The van der Waals surface area contributed by atoms with E-state index in [1.165, 1.54) is 20.3 Å². The van der Waals surface area contributed by atoms with Gasteiger partial charge in [-0.3, -0.25) is 0 Å². The van der Waals surface area contributed by atoms with Crippen LogP contribution in [0.3, 0.4) is 0 Å². The zero-order valence-electron chi connectivity index (χ0n) is 19.2. The van der Waals surface area contributed by atoms with Gasteiger partial charge in [-0.15, -0.1) is 0 Å². The third-order valence-electron chi connectivity index (χ3n) is 0. The summed E-state index contributed by atoms with van der Waals surface area (Å²) in [4.78, 5) is 9.44. The summed E-state index contributed by atoms with van der Waals surface area (Å²) in [7, 11) is 4.33. The number of hydrogen-bond acceptors (Lipinski definition) is 5. The molecule has 0 aliphatic heterocycles. The summed E-state index contributed by atoms with van der Waals surface area (Å²) in [5.41, 5.74) is 0. The zero-order chi connectivity index (χ0) is 18.2. The molecule has 0 spiro atoms. The summed E-state index contributed by atoms with van der Waals surface area (Å²) >= 11 is 0. The van der Waals surface area contributed by atoms with Crippen LogP contribution in [0, 0.1) is 0 Å². The first kappa shape index (κ1) is 83.1. The molecule has 0 saturated carbocycles. The summed E-state index contributed by atoms with van der Waals surface area (Å²) in [6, 6.07) is 0. The van der Waals surface area contributed by atoms with Gasteiger partial charge in [-0.05, 0) is 27.9 Å². The Hall–Kier alpha value is -0.0704. The molecule has 1 N–H and O–H groups in total. The molecular formula is C14H39B6NO4S. The number of nitrogens with one attached hydrogen (secondary N) is 1. The summed E-state index contributed by atoms with van der Waals surface area (Å²) < 4.78 is 23.5. The fourth-order valence-corrected chi connectivity index (χ4v) is 0. The van der Waals surface area contributed by atoms with Gasteiger partial charge in [-0.1, -0.05) is 34.1 Å². The SMILES string of the molecule is CC.CC(C)=O.CCC.CNC.COC.CS(C)(=O)=O.[B].[B].[B].[B].[B].[B]. The molecule has 0 rings (SSSR count). The van der Waals surface area contributed by atoms with E-state index in [0.29, 0.717) is 0 Å². The Bertz CT molecular complexity index is 219. The molecule has 0 bridgehead atoms. The molecule has 0 aliphatic carbocycles. The second-order valence-corrected chi connectivity index (χ2v) is 5.95. The number of methoxy groups -OCH3 is 1. The normalized spacial score (nSPS) is 5.54. The van der Waals surface area contributed by atoms with Crippen LogP contribution in [0.1, 0.15) is 48.0 Å². The molecule has 0 atom stereocenters. The highest BCUT2D eigenvalue weighted by Crippen LogP contribution is 1.61. The summed E-state index contributed by atoms with van der Waals surface area (Å²) in [5.74, 6) is 0.167. The van der Waals surface area contributed by atoms with E-state index in [0.717, 1.165) is 12.5 Å². The number of hydrogen-bond donors (Lipinski definition) is 1. The van der Waals surface area contributed by atoms with E-state index in [9.17, 15) is 13.2 Å². The first-order valence-electron chi connectivity index (χ1n) is 6.58. The lowest BCUT2D eigenvalue weighted by Crippen LogP contribution is -1.89. The molecular weight excluding hydrogens is 343 g/mol. The van der Waals surface area contributed by atoms with Crippen LogP contribution < -0.4 is 5.32 Å². The monoisotopic (exact) mass is 383 g/mol. The van der Waals surface area contributed by atoms with Crippen molar-refractivity contribution in [2.45, 2.75) is 48.0 Å². The third-order valence-corrected chi connectivity index (χ3v) is 0. The highest BCUT2D eigenvalue weighted by Gasteiger charge is 1.79.